The number of hydrogen-bond donors (Lipinski definition) is 0. The summed E-state index contributed by atoms with van der Waals surface area (Å²) in [5.41, 5.74) is 4.57. The van der Waals surface area contributed by atoms with Crippen molar-refractivity contribution in [2.75, 3.05) is 0 Å². The summed E-state index contributed by atoms with van der Waals surface area (Å²) in [5, 5.41) is 0. The van der Waals surface area contributed by atoms with Gasteiger partial charge < -0.3 is 9.47 Å². The second kappa shape index (κ2) is 4.73. The Morgan fingerprint density at radius 2 is 1.40 bits per heavy atom. The molecule has 25 heavy (non-hydrogen) atoms. The van der Waals surface area contributed by atoms with Crippen molar-refractivity contribution in [2.24, 2.45) is 0 Å². The summed E-state index contributed by atoms with van der Waals surface area (Å²) in [6, 6.07) is 19.4. The molecule has 0 unspecified atom stereocenters. The SMILES string of the molecule is Cc1ccc2c(c1C)C1(OC2=O)c2ccccc2Oc2ccccc21. The van der Waals surface area contributed by atoms with Crippen molar-refractivity contribution >= 4 is 5.97 Å². The molecule has 0 fully saturated rings. The Labute approximate surface area is 145 Å². The zero-order valence-corrected chi connectivity index (χ0v) is 14.0. The van der Waals surface area contributed by atoms with Crippen molar-refractivity contribution in [2.45, 2.75) is 19.4 Å². The first-order valence-corrected chi connectivity index (χ1v) is 8.34. The molecule has 0 saturated carbocycles. The van der Waals surface area contributed by atoms with E-state index in [1.807, 2.05) is 60.7 Å². The molecule has 5 rings (SSSR count). The van der Waals surface area contributed by atoms with E-state index in [0.29, 0.717) is 5.56 Å². The lowest BCUT2D eigenvalue weighted by Gasteiger charge is -2.37. The quantitative estimate of drug-likeness (QED) is 0.552. The van der Waals surface area contributed by atoms with Crippen molar-refractivity contribution in [3.05, 3.63) is 94.0 Å². The van der Waals surface area contributed by atoms with E-state index in [9.17, 15) is 4.79 Å². The largest absolute Gasteiger partial charge is 0.456 e. The lowest BCUT2D eigenvalue weighted by molar-refractivity contribution is 0.0223. The van der Waals surface area contributed by atoms with Gasteiger partial charge >= 0.3 is 5.97 Å². The van der Waals surface area contributed by atoms with Crippen LogP contribution in [0.1, 0.15) is 38.2 Å². The molecule has 0 amide bonds. The number of benzene rings is 3. The molecule has 0 aliphatic carbocycles. The minimum absolute atomic E-state index is 0.287. The Morgan fingerprint density at radius 3 is 2.04 bits per heavy atom. The average Bonchev–Trinajstić information content (AvgIpc) is 2.92. The van der Waals surface area contributed by atoms with Crippen molar-refractivity contribution in [1.82, 2.24) is 0 Å². The van der Waals surface area contributed by atoms with Gasteiger partial charge in [0.05, 0.1) is 5.56 Å². The fraction of sp³-hybridized carbons (Fsp3) is 0.136. The Hall–Kier alpha value is -3.07. The van der Waals surface area contributed by atoms with Gasteiger partial charge in [0.25, 0.3) is 0 Å². The van der Waals surface area contributed by atoms with Crippen molar-refractivity contribution in [1.29, 1.82) is 0 Å². The number of ether oxygens (including phenoxy) is 2. The highest BCUT2D eigenvalue weighted by Crippen LogP contribution is 2.56. The van der Waals surface area contributed by atoms with Gasteiger partial charge in [0.15, 0.2) is 5.60 Å². The van der Waals surface area contributed by atoms with Crippen LogP contribution >= 0.6 is 0 Å². The number of hydrogen-bond acceptors (Lipinski definition) is 3. The normalized spacial score (nSPS) is 15.8. The number of rotatable bonds is 0. The highest BCUT2D eigenvalue weighted by atomic mass is 16.6. The summed E-state index contributed by atoms with van der Waals surface area (Å²) in [4.78, 5) is 12.8. The van der Waals surface area contributed by atoms with E-state index in [1.165, 1.54) is 0 Å². The van der Waals surface area contributed by atoms with Gasteiger partial charge in [-0.3, -0.25) is 0 Å². The lowest BCUT2D eigenvalue weighted by Crippen LogP contribution is -2.33. The summed E-state index contributed by atoms with van der Waals surface area (Å²) in [7, 11) is 0. The number of carbonyl (C=O) groups excluding carboxylic acids is 1. The molecular weight excluding hydrogens is 312 g/mol. The van der Waals surface area contributed by atoms with Gasteiger partial charge in [-0.1, -0.05) is 42.5 Å². The molecule has 3 nitrogen and oxygen atoms in total. The van der Waals surface area contributed by atoms with Crippen LogP contribution in [0, 0.1) is 13.8 Å². The first-order chi connectivity index (χ1) is 12.1. The van der Waals surface area contributed by atoms with E-state index < -0.39 is 5.60 Å². The topological polar surface area (TPSA) is 35.5 Å². The fourth-order valence-electron chi connectivity index (χ4n) is 4.02. The molecular formula is C22H16O3. The molecule has 3 aromatic carbocycles. The van der Waals surface area contributed by atoms with Crippen LogP contribution in [0.4, 0.5) is 0 Å². The van der Waals surface area contributed by atoms with Gasteiger partial charge in [0, 0.05) is 16.7 Å². The number of esters is 1. The number of carbonyl (C=O) groups is 1. The van der Waals surface area contributed by atoms with E-state index >= 15 is 0 Å². The standard InChI is InChI=1S/C22H16O3/c1-13-11-12-15-20(14(13)2)22(25-21(15)23)16-7-3-5-9-18(16)24-19-10-6-4-8-17(19)22/h3-12H,1-2H3. The molecule has 3 heteroatoms. The van der Waals surface area contributed by atoms with E-state index in [-0.39, 0.29) is 5.97 Å². The maximum atomic E-state index is 12.8. The Morgan fingerprint density at radius 1 is 0.800 bits per heavy atom. The van der Waals surface area contributed by atoms with Crippen LogP contribution < -0.4 is 4.74 Å². The highest BCUT2D eigenvalue weighted by Gasteiger charge is 2.54. The van der Waals surface area contributed by atoms with Gasteiger partial charge in [0.1, 0.15) is 11.5 Å². The van der Waals surface area contributed by atoms with Gasteiger partial charge in [0.2, 0.25) is 0 Å². The maximum Gasteiger partial charge on any atom is 0.340 e. The minimum Gasteiger partial charge on any atom is -0.456 e. The molecule has 0 aromatic heterocycles. The van der Waals surface area contributed by atoms with Crippen LogP contribution in [-0.4, -0.2) is 5.97 Å². The van der Waals surface area contributed by atoms with Crippen LogP contribution in [0.25, 0.3) is 0 Å². The molecule has 3 aromatic rings. The Balaban J connectivity index is 1.97. The number of para-hydroxylation sites is 2. The molecule has 0 saturated heterocycles. The summed E-state index contributed by atoms with van der Waals surface area (Å²) in [6.07, 6.45) is 0. The van der Waals surface area contributed by atoms with E-state index in [1.54, 1.807) is 0 Å². The van der Waals surface area contributed by atoms with E-state index in [2.05, 4.69) is 13.8 Å². The third kappa shape index (κ3) is 1.67. The maximum absolute atomic E-state index is 12.8. The van der Waals surface area contributed by atoms with Crippen LogP contribution in [0.2, 0.25) is 0 Å². The first-order valence-electron chi connectivity index (χ1n) is 8.34. The molecule has 0 N–H and O–H groups in total. The molecule has 122 valence electrons. The van der Waals surface area contributed by atoms with Crippen molar-refractivity contribution in [3.8, 4) is 11.5 Å². The van der Waals surface area contributed by atoms with Crippen LogP contribution in [0.5, 0.6) is 11.5 Å². The van der Waals surface area contributed by atoms with Gasteiger partial charge in [-0.2, -0.15) is 0 Å². The minimum atomic E-state index is -0.950. The zero-order valence-electron chi connectivity index (χ0n) is 14.0. The molecule has 2 aliphatic heterocycles. The van der Waals surface area contributed by atoms with E-state index in [4.69, 9.17) is 9.47 Å². The summed E-state index contributed by atoms with van der Waals surface area (Å²) >= 11 is 0. The molecule has 0 radical (unpaired) electrons. The third-order valence-corrected chi connectivity index (χ3v) is 5.31. The monoisotopic (exact) mass is 328 g/mol. The first kappa shape index (κ1) is 14.3. The molecule has 2 aliphatic rings. The average molecular weight is 328 g/mol. The summed E-state index contributed by atoms with van der Waals surface area (Å²) in [5.74, 6) is 1.16. The molecule has 0 atom stereocenters. The fourth-order valence-corrected chi connectivity index (χ4v) is 4.02. The lowest BCUT2D eigenvalue weighted by atomic mass is 9.75. The smallest absolute Gasteiger partial charge is 0.340 e. The van der Waals surface area contributed by atoms with Gasteiger partial charge in [-0.15, -0.1) is 0 Å². The van der Waals surface area contributed by atoms with Gasteiger partial charge in [-0.25, -0.2) is 4.79 Å². The number of fused-ring (bicyclic) bond motifs is 6. The highest BCUT2D eigenvalue weighted by molar-refractivity contribution is 5.97. The Bertz CT molecular complexity index is 1000. The summed E-state index contributed by atoms with van der Waals surface area (Å²) in [6.45, 7) is 4.11. The van der Waals surface area contributed by atoms with E-state index in [0.717, 1.165) is 39.3 Å². The third-order valence-electron chi connectivity index (χ3n) is 5.31. The van der Waals surface area contributed by atoms with Crippen LogP contribution in [0.15, 0.2) is 60.7 Å². The van der Waals surface area contributed by atoms with Crippen LogP contribution in [-0.2, 0) is 10.3 Å². The predicted molar refractivity (Wildman–Crippen MR) is 94.2 cm³/mol. The van der Waals surface area contributed by atoms with Crippen molar-refractivity contribution < 1.29 is 14.3 Å². The zero-order chi connectivity index (χ0) is 17.2. The second-order valence-electron chi connectivity index (χ2n) is 6.60. The van der Waals surface area contributed by atoms with Crippen LogP contribution in [0.3, 0.4) is 0 Å². The number of aryl methyl sites for hydroxylation is 1. The molecule has 1 spiro atoms. The predicted octanol–water partition coefficient (Wildman–Crippen LogP) is 4.87. The summed E-state index contributed by atoms with van der Waals surface area (Å²) < 4.78 is 12.2. The molecule has 2 heterocycles. The van der Waals surface area contributed by atoms with Crippen molar-refractivity contribution in [3.63, 3.8) is 0 Å². The van der Waals surface area contributed by atoms with Gasteiger partial charge in [-0.05, 0) is 43.2 Å². The molecule has 0 bridgehead atoms. The second-order valence-corrected chi connectivity index (χ2v) is 6.60. The Kier molecular flexibility index (Phi) is 2.70.